The number of likely N-dealkylation sites (tertiary alicyclic amines) is 1. The predicted molar refractivity (Wildman–Crippen MR) is 64.3 cm³/mol. The van der Waals surface area contributed by atoms with Crippen molar-refractivity contribution in [2.45, 2.75) is 32.2 Å². The van der Waals surface area contributed by atoms with Gasteiger partial charge in [0.25, 0.3) is 0 Å². The van der Waals surface area contributed by atoms with Crippen LogP contribution >= 0.6 is 0 Å². The third-order valence-electron chi connectivity index (χ3n) is 3.84. The van der Waals surface area contributed by atoms with Gasteiger partial charge in [-0.25, -0.2) is 0 Å². The molecule has 0 bridgehead atoms. The van der Waals surface area contributed by atoms with Gasteiger partial charge < -0.3 is 10.6 Å². The second-order valence-corrected chi connectivity index (χ2v) is 5.06. The lowest BCUT2D eigenvalue weighted by molar-refractivity contribution is -0.119. The molecule has 2 rings (SSSR count). The Morgan fingerprint density at radius 1 is 1.38 bits per heavy atom. The van der Waals surface area contributed by atoms with E-state index in [2.05, 4.69) is 15.5 Å². The van der Waals surface area contributed by atoms with Gasteiger partial charge in [-0.05, 0) is 44.8 Å². The Kier molecular flexibility index (Phi) is 4.18. The Hall–Kier alpha value is -0.610. The second kappa shape index (κ2) is 5.64. The molecule has 2 saturated heterocycles. The van der Waals surface area contributed by atoms with E-state index in [0.29, 0.717) is 5.92 Å². The average Bonchev–Trinajstić information content (AvgIpc) is 2.80. The molecule has 16 heavy (non-hydrogen) atoms. The minimum atomic E-state index is 0.0995. The highest BCUT2D eigenvalue weighted by Gasteiger charge is 2.26. The molecule has 2 N–H and O–H groups in total. The summed E-state index contributed by atoms with van der Waals surface area (Å²) in [6, 6.07) is 0.765. The van der Waals surface area contributed by atoms with Crippen molar-refractivity contribution in [3.63, 3.8) is 0 Å². The van der Waals surface area contributed by atoms with Crippen molar-refractivity contribution in [1.82, 2.24) is 15.5 Å². The van der Waals surface area contributed by atoms with E-state index in [1.165, 1.54) is 38.9 Å². The number of carbonyl (C=O) groups excluding carboxylic acids is 1. The Balaban J connectivity index is 1.67. The number of nitrogens with one attached hydrogen (secondary N) is 2. The molecule has 2 aliphatic rings. The fourth-order valence-corrected chi connectivity index (χ4v) is 2.76. The molecule has 4 nitrogen and oxygen atoms in total. The SMILES string of the molecule is CC(=O)NCC1CCN(C2CCNC2)CC1. The molecule has 0 aromatic rings. The first-order valence-electron chi connectivity index (χ1n) is 6.45. The summed E-state index contributed by atoms with van der Waals surface area (Å²) >= 11 is 0. The minimum absolute atomic E-state index is 0.0995. The van der Waals surface area contributed by atoms with Crippen molar-refractivity contribution in [3.05, 3.63) is 0 Å². The van der Waals surface area contributed by atoms with E-state index in [1.54, 1.807) is 6.92 Å². The van der Waals surface area contributed by atoms with E-state index in [-0.39, 0.29) is 5.91 Å². The molecule has 2 fully saturated rings. The zero-order valence-corrected chi connectivity index (χ0v) is 10.2. The van der Waals surface area contributed by atoms with E-state index in [4.69, 9.17) is 0 Å². The lowest BCUT2D eigenvalue weighted by atomic mass is 9.95. The molecule has 0 saturated carbocycles. The van der Waals surface area contributed by atoms with E-state index >= 15 is 0 Å². The monoisotopic (exact) mass is 225 g/mol. The Morgan fingerprint density at radius 3 is 2.69 bits per heavy atom. The van der Waals surface area contributed by atoms with E-state index < -0.39 is 0 Å². The van der Waals surface area contributed by atoms with E-state index in [0.717, 1.165) is 19.1 Å². The molecule has 2 heterocycles. The predicted octanol–water partition coefficient (Wildman–Crippen LogP) is 0.196. The van der Waals surface area contributed by atoms with Crippen LogP contribution in [-0.4, -0.2) is 49.6 Å². The first kappa shape index (κ1) is 11.9. The van der Waals surface area contributed by atoms with Crippen LogP contribution in [-0.2, 0) is 4.79 Å². The van der Waals surface area contributed by atoms with Gasteiger partial charge in [0.15, 0.2) is 0 Å². The summed E-state index contributed by atoms with van der Waals surface area (Å²) in [6.07, 6.45) is 3.77. The molecule has 0 radical (unpaired) electrons. The van der Waals surface area contributed by atoms with Crippen LogP contribution in [0.25, 0.3) is 0 Å². The number of piperidine rings is 1. The number of hydrogen-bond acceptors (Lipinski definition) is 3. The fourth-order valence-electron chi connectivity index (χ4n) is 2.76. The minimum Gasteiger partial charge on any atom is -0.356 e. The Morgan fingerprint density at radius 2 is 2.12 bits per heavy atom. The average molecular weight is 225 g/mol. The maximum Gasteiger partial charge on any atom is 0.216 e. The topological polar surface area (TPSA) is 44.4 Å². The largest absolute Gasteiger partial charge is 0.356 e. The van der Waals surface area contributed by atoms with Crippen molar-refractivity contribution in [2.24, 2.45) is 5.92 Å². The van der Waals surface area contributed by atoms with Gasteiger partial charge in [0, 0.05) is 26.1 Å². The number of amides is 1. The van der Waals surface area contributed by atoms with Crippen LogP contribution < -0.4 is 10.6 Å². The van der Waals surface area contributed by atoms with Crippen LogP contribution in [0, 0.1) is 5.92 Å². The number of hydrogen-bond donors (Lipinski definition) is 2. The quantitative estimate of drug-likeness (QED) is 0.721. The number of rotatable bonds is 3. The van der Waals surface area contributed by atoms with Crippen LogP contribution in [0.3, 0.4) is 0 Å². The van der Waals surface area contributed by atoms with Crippen LogP contribution in [0.1, 0.15) is 26.2 Å². The van der Waals surface area contributed by atoms with Gasteiger partial charge in [-0.15, -0.1) is 0 Å². The molecule has 0 aromatic heterocycles. The van der Waals surface area contributed by atoms with Crippen LogP contribution in [0.5, 0.6) is 0 Å². The highest BCUT2D eigenvalue weighted by molar-refractivity contribution is 5.72. The van der Waals surface area contributed by atoms with Gasteiger partial charge in [0.2, 0.25) is 5.91 Å². The highest BCUT2D eigenvalue weighted by atomic mass is 16.1. The molecule has 2 aliphatic heterocycles. The van der Waals surface area contributed by atoms with Crippen LogP contribution in [0.15, 0.2) is 0 Å². The fraction of sp³-hybridized carbons (Fsp3) is 0.917. The third kappa shape index (κ3) is 3.19. The van der Waals surface area contributed by atoms with Gasteiger partial charge in [0.05, 0.1) is 0 Å². The van der Waals surface area contributed by atoms with E-state index in [1.807, 2.05) is 0 Å². The maximum absolute atomic E-state index is 10.8. The standard InChI is InChI=1S/C12H23N3O/c1-10(16)14-8-11-3-6-15(7-4-11)12-2-5-13-9-12/h11-13H,2-9H2,1H3,(H,14,16). The molecule has 4 heteroatoms. The summed E-state index contributed by atoms with van der Waals surface area (Å²) in [5.41, 5.74) is 0. The summed E-state index contributed by atoms with van der Waals surface area (Å²) in [4.78, 5) is 13.4. The summed E-state index contributed by atoms with van der Waals surface area (Å²) in [5, 5.41) is 6.35. The van der Waals surface area contributed by atoms with Crippen LogP contribution in [0.4, 0.5) is 0 Å². The van der Waals surface area contributed by atoms with Gasteiger partial charge in [0.1, 0.15) is 0 Å². The molecule has 0 aliphatic carbocycles. The normalized spacial score (nSPS) is 28.2. The molecule has 0 spiro atoms. The van der Waals surface area contributed by atoms with Crippen molar-refractivity contribution >= 4 is 5.91 Å². The van der Waals surface area contributed by atoms with E-state index in [9.17, 15) is 4.79 Å². The molecule has 0 aromatic carbocycles. The van der Waals surface area contributed by atoms with Crippen molar-refractivity contribution < 1.29 is 4.79 Å². The third-order valence-corrected chi connectivity index (χ3v) is 3.84. The molecular weight excluding hydrogens is 202 g/mol. The zero-order chi connectivity index (χ0) is 11.4. The van der Waals surface area contributed by atoms with Crippen molar-refractivity contribution in [1.29, 1.82) is 0 Å². The number of nitrogens with zero attached hydrogens (tertiary/aromatic N) is 1. The van der Waals surface area contributed by atoms with Gasteiger partial charge in [-0.3, -0.25) is 9.69 Å². The molecule has 92 valence electrons. The molecule has 1 amide bonds. The molecule has 1 unspecified atom stereocenters. The summed E-state index contributed by atoms with van der Waals surface area (Å²) in [5.74, 6) is 0.789. The summed E-state index contributed by atoms with van der Waals surface area (Å²) < 4.78 is 0. The van der Waals surface area contributed by atoms with Crippen LogP contribution in [0.2, 0.25) is 0 Å². The smallest absolute Gasteiger partial charge is 0.216 e. The van der Waals surface area contributed by atoms with Gasteiger partial charge in [-0.1, -0.05) is 0 Å². The Labute approximate surface area is 97.8 Å². The lowest BCUT2D eigenvalue weighted by Gasteiger charge is -2.35. The lowest BCUT2D eigenvalue weighted by Crippen LogP contribution is -2.44. The van der Waals surface area contributed by atoms with Gasteiger partial charge in [-0.2, -0.15) is 0 Å². The Bertz CT molecular complexity index is 230. The van der Waals surface area contributed by atoms with Gasteiger partial charge >= 0.3 is 0 Å². The summed E-state index contributed by atoms with van der Waals surface area (Å²) in [6.45, 7) is 7.21. The van der Waals surface area contributed by atoms with Crippen molar-refractivity contribution in [2.75, 3.05) is 32.7 Å². The second-order valence-electron chi connectivity index (χ2n) is 5.06. The number of carbonyl (C=O) groups is 1. The maximum atomic E-state index is 10.8. The van der Waals surface area contributed by atoms with Crippen molar-refractivity contribution in [3.8, 4) is 0 Å². The first-order valence-corrected chi connectivity index (χ1v) is 6.45. The molecule has 1 atom stereocenters. The first-order chi connectivity index (χ1) is 7.75. The highest BCUT2D eigenvalue weighted by Crippen LogP contribution is 2.20. The zero-order valence-electron chi connectivity index (χ0n) is 10.2. The molecular formula is C12H23N3O. The summed E-state index contributed by atoms with van der Waals surface area (Å²) in [7, 11) is 0.